The Kier molecular flexibility index (Phi) is 4.05. The molecule has 102 valence electrons. The molecule has 1 heterocycles. The molecule has 1 spiro atoms. The van der Waals surface area contributed by atoms with E-state index >= 15 is 0 Å². The van der Waals surface area contributed by atoms with E-state index in [0.717, 1.165) is 25.7 Å². The predicted octanol–water partition coefficient (Wildman–Crippen LogP) is 1.71. The molecular formula is C14H23NO3. The lowest BCUT2D eigenvalue weighted by Gasteiger charge is -2.38. The lowest BCUT2D eigenvalue weighted by molar-refractivity contribution is -0.154. The van der Waals surface area contributed by atoms with E-state index in [2.05, 4.69) is 0 Å². The third-order valence-electron chi connectivity index (χ3n) is 4.43. The molecule has 4 heteroatoms. The average Bonchev–Trinajstić information content (AvgIpc) is 2.72. The van der Waals surface area contributed by atoms with Crippen LogP contribution in [0.2, 0.25) is 0 Å². The van der Waals surface area contributed by atoms with E-state index < -0.39 is 0 Å². The second-order valence-electron chi connectivity index (χ2n) is 6.08. The highest BCUT2D eigenvalue weighted by Crippen LogP contribution is 2.46. The molecule has 2 amide bonds. The Balaban J connectivity index is 1.98. The highest BCUT2D eigenvalue weighted by molar-refractivity contribution is 5.98. The lowest BCUT2D eigenvalue weighted by Crippen LogP contribution is -2.48. The summed E-state index contributed by atoms with van der Waals surface area (Å²) in [6, 6.07) is 0. The maximum atomic E-state index is 12.1. The monoisotopic (exact) mass is 253 g/mol. The van der Waals surface area contributed by atoms with E-state index in [4.69, 9.17) is 5.11 Å². The lowest BCUT2D eigenvalue weighted by atomic mass is 9.76. The summed E-state index contributed by atoms with van der Waals surface area (Å²) in [5.74, 6) is 0.177. The van der Waals surface area contributed by atoms with Crippen LogP contribution in [0.4, 0.5) is 0 Å². The van der Waals surface area contributed by atoms with Crippen LogP contribution in [-0.4, -0.2) is 35.0 Å². The van der Waals surface area contributed by atoms with Gasteiger partial charge in [-0.15, -0.1) is 0 Å². The molecule has 1 unspecified atom stereocenters. The number of rotatable bonds is 4. The summed E-state index contributed by atoms with van der Waals surface area (Å²) >= 11 is 0. The highest BCUT2D eigenvalue weighted by Gasteiger charge is 2.45. The molecule has 0 radical (unpaired) electrons. The van der Waals surface area contributed by atoms with Crippen molar-refractivity contribution in [2.24, 2.45) is 11.3 Å². The first-order chi connectivity index (χ1) is 8.56. The van der Waals surface area contributed by atoms with Crippen LogP contribution in [0.15, 0.2) is 0 Å². The van der Waals surface area contributed by atoms with E-state index in [1.807, 2.05) is 6.92 Å². The van der Waals surface area contributed by atoms with E-state index in [1.54, 1.807) is 0 Å². The van der Waals surface area contributed by atoms with Gasteiger partial charge in [-0.1, -0.05) is 19.8 Å². The van der Waals surface area contributed by atoms with Crippen molar-refractivity contribution in [3.63, 3.8) is 0 Å². The molecule has 0 aromatic rings. The van der Waals surface area contributed by atoms with Crippen molar-refractivity contribution in [3.8, 4) is 0 Å². The summed E-state index contributed by atoms with van der Waals surface area (Å²) in [6.45, 7) is 2.55. The number of hydrogen-bond acceptors (Lipinski definition) is 3. The fourth-order valence-electron chi connectivity index (χ4n) is 3.34. The molecule has 1 aliphatic heterocycles. The van der Waals surface area contributed by atoms with Gasteiger partial charge in [-0.2, -0.15) is 0 Å². The molecule has 1 saturated carbocycles. The van der Waals surface area contributed by atoms with Crippen LogP contribution in [0.25, 0.3) is 0 Å². The number of imide groups is 1. The first-order valence-electron chi connectivity index (χ1n) is 7.00. The number of carbonyl (C=O) groups is 2. The second-order valence-corrected chi connectivity index (χ2v) is 6.08. The number of aliphatic hydroxyl groups excluding tert-OH is 1. The SMILES string of the molecule is CC(CCO)CN1C(=O)CC2(CCCC2)CC1=O. The Morgan fingerprint density at radius 3 is 2.28 bits per heavy atom. The molecule has 1 N–H and O–H groups in total. The molecule has 2 aliphatic rings. The Hall–Kier alpha value is -0.900. The van der Waals surface area contributed by atoms with E-state index in [9.17, 15) is 9.59 Å². The highest BCUT2D eigenvalue weighted by atomic mass is 16.3. The molecular weight excluding hydrogens is 230 g/mol. The van der Waals surface area contributed by atoms with Crippen LogP contribution in [0.1, 0.15) is 51.9 Å². The molecule has 1 atom stereocenters. The zero-order chi connectivity index (χ0) is 13.2. The smallest absolute Gasteiger partial charge is 0.229 e. The number of likely N-dealkylation sites (tertiary alicyclic amines) is 1. The summed E-state index contributed by atoms with van der Waals surface area (Å²) in [7, 11) is 0. The Morgan fingerprint density at radius 2 is 1.78 bits per heavy atom. The van der Waals surface area contributed by atoms with Crippen LogP contribution in [0.5, 0.6) is 0 Å². The molecule has 18 heavy (non-hydrogen) atoms. The van der Waals surface area contributed by atoms with Gasteiger partial charge in [0.15, 0.2) is 0 Å². The van der Waals surface area contributed by atoms with Crippen LogP contribution in [-0.2, 0) is 9.59 Å². The minimum atomic E-state index is -0.00904. The van der Waals surface area contributed by atoms with E-state index in [1.165, 1.54) is 4.90 Å². The number of nitrogens with zero attached hydrogens (tertiary/aromatic N) is 1. The van der Waals surface area contributed by atoms with Gasteiger partial charge in [-0.25, -0.2) is 0 Å². The Labute approximate surface area is 108 Å². The molecule has 1 saturated heterocycles. The van der Waals surface area contributed by atoms with Gasteiger partial charge in [-0.3, -0.25) is 14.5 Å². The number of aliphatic hydroxyl groups is 1. The first-order valence-corrected chi connectivity index (χ1v) is 7.00. The minimum absolute atomic E-state index is 0.00191. The van der Waals surface area contributed by atoms with Crippen molar-refractivity contribution < 1.29 is 14.7 Å². The van der Waals surface area contributed by atoms with Gasteiger partial charge in [0.2, 0.25) is 11.8 Å². The molecule has 2 rings (SSSR count). The van der Waals surface area contributed by atoms with Gasteiger partial charge >= 0.3 is 0 Å². The van der Waals surface area contributed by atoms with Crippen LogP contribution < -0.4 is 0 Å². The predicted molar refractivity (Wildman–Crippen MR) is 67.7 cm³/mol. The van der Waals surface area contributed by atoms with Crippen LogP contribution >= 0.6 is 0 Å². The number of amides is 2. The topological polar surface area (TPSA) is 57.6 Å². The van der Waals surface area contributed by atoms with Gasteiger partial charge in [0.1, 0.15) is 0 Å². The Bertz CT molecular complexity index is 314. The Morgan fingerprint density at radius 1 is 1.22 bits per heavy atom. The molecule has 1 aliphatic carbocycles. The van der Waals surface area contributed by atoms with Crippen molar-refractivity contribution in [2.75, 3.05) is 13.2 Å². The van der Waals surface area contributed by atoms with Gasteiger partial charge in [0.25, 0.3) is 0 Å². The largest absolute Gasteiger partial charge is 0.396 e. The zero-order valence-electron chi connectivity index (χ0n) is 11.2. The summed E-state index contributed by atoms with van der Waals surface area (Å²) in [5.41, 5.74) is -0.00904. The van der Waals surface area contributed by atoms with E-state index in [0.29, 0.717) is 25.8 Å². The third-order valence-corrected chi connectivity index (χ3v) is 4.43. The standard InChI is InChI=1S/C14H23NO3/c1-11(4-7-16)10-15-12(17)8-14(9-13(15)18)5-2-3-6-14/h11,16H,2-10H2,1H3. The third kappa shape index (κ3) is 2.74. The summed E-state index contributed by atoms with van der Waals surface area (Å²) in [4.78, 5) is 25.7. The summed E-state index contributed by atoms with van der Waals surface area (Å²) in [5, 5.41) is 8.88. The fourth-order valence-corrected chi connectivity index (χ4v) is 3.34. The summed E-state index contributed by atoms with van der Waals surface area (Å²) in [6.07, 6.45) is 6.11. The molecule has 2 fully saturated rings. The maximum Gasteiger partial charge on any atom is 0.229 e. The number of hydrogen-bond donors (Lipinski definition) is 1. The molecule has 0 aromatic carbocycles. The molecule has 0 aromatic heterocycles. The first kappa shape index (κ1) is 13.5. The molecule has 4 nitrogen and oxygen atoms in total. The van der Waals surface area contributed by atoms with Crippen molar-refractivity contribution in [1.82, 2.24) is 4.90 Å². The maximum absolute atomic E-state index is 12.1. The van der Waals surface area contributed by atoms with Gasteiger partial charge in [0, 0.05) is 26.0 Å². The van der Waals surface area contributed by atoms with Gasteiger partial charge in [0.05, 0.1) is 0 Å². The van der Waals surface area contributed by atoms with Crippen molar-refractivity contribution >= 4 is 11.8 Å². The van der Waals surface area contributed by atoms with Crippen LogP contribution in [0.3, 0.4) is 0 Å². The van der Waals surface area contributed by atoms with Crippen molar-refractivity contribution in [1.29, 1.82) is 0 Å². The molecule has 0 bridgehead atoms. The average molecular weight is 253 g/mol. The normalized spacial score (nSPS) is 24.9. The zero-order valence-corrected chi connectivity index (χ0v) is 11.2. The number of piperidine rings is 1. The summed E-state index contributed by atoms with van der Waals surface area (Å²) < 4.78 is 0. The minimum Gasteiger partial charge on any atom is -0.396 e. The van der Waals surface area contributed by atoms with Crippen molar-refractivity contribution in [3.05, 3.63) is 0 Å². The van der Waals surface area contributed by atoms with Crippen LogP contribution in [0, 0.1) is 11.3 Å². The quantitative estimate of drug-likeness (QED) is 0.776. The second kappa shape index (κ2) is 5.39. The van der Waals surface area contributed by atoms with Gasteiger partial charge in [-0.05, 0) is 30.6 Å². The fraction of sp³-hybridized carbons (Fsp3) is 0.857. The van der Waals surface area contributed by atoms with E-state index in [-0.39, 0.29) is 29.8 Å². The van der Waals surface area contributed by atoms with Crippen molar-refractivity contribution in [2.45, 2.75) is 51.9 Å². The number of carbonyl (C=O) groups excluding carboxylic acids is 2. The van der Waals surface area contributed by atoms with Gasteiger partial charge < -0.3 is 5.11 Å².